The predicted molar refractivity (Wildman–Crippen MR) is 119 cm³/mol. The Morgan fingerprint density at radius 3 is 2.68 bits per heavy atom. The van der Waals surface area contributed by atoms with Gasteiger partial charge in [-0.05, 0) is 44.0 Å². The Balaban J connectivity index is 1.73. The molecule has 5 nitrogen and oxygen atoms in total. The number of hydrogen-bond donors (Lipinski definition) is 1. The second-order valence-corrected chi connectivity index (χ2v) is 9.33. The van der Waals surface area contributed by atoms with Crippen molar-refractivity contribution in [3.8, 4) is 11.4 Å². The first-order valence-electron chi connectivity index (χ1n) is 9.07. The van der Waals surface area contributed by atoms with Crippen LogP contribution < -0.4 is 5.32 Å². The Morgan fingerprint density at radius 2 is 2.04 bits per heavy atom. The number of nitrogens with one attached hydrogen (secondary N) is 1. The summed E-state index contributed by atoms with van der Waals surface area (Å²) in [5.41, 5.74) is 1.76. The summed E-state index contributed by atoms with van der Waals surface area (Å²) in [7, 11) is 0. The van der Waals surface area contributed by atoms with Gasteiger partial charge in [0.15, 0.2) is 11.0 Å². The summed E-state index contributed by atoms with van der Waals surface area (Å²) in [4.78, 5) is 13.6. The highest BCUT2D eigenvalue weighted by molar-refractivity contribution is 7.99. The molecule has 0 fully saturated rings. The molecule has 2 aromatic heterocycles. The Kier molecular flexibility index (Phi) is 6.80. The van der Waals surface area contributed by atoms with Gasteiger partial charge in [0.1, 0.15) is 0 Å². The molecule has 1 amide bonds. The van der Waals surface area contributed by atoms with Crippen LogP contribution in [0.2, 0.25) is 5.02 Å². The van der Waals surface area contributed by atoms with Crippen molar-refractivity contribution in [1.29, 1.82) is 0 Å². The molecule has 0 atom stereocenters. The zero-order valence-corrected chi connectivity index (χ0v) is 18.7. The van der Waals surface area contributed by atoms with Gasteiger partial charge in [-0.3, -0.25) is 9.36 Å². The van der Waals surface area contributed by atoms with Crippen molar-refractivity contribution in [2.75, 3.05) is 11.1 Å². The summed E-state index contributed by atoms with van der Waals surface area (Å²) in [6.45, 7) is 8.56. The molecule has 0 radical (unpaired) electrons. The monoisotopic (exact) mass is 434 g/mol. The largest absolute Gasteiger partial charge is 0.325 e. The molecule has 0 aliphatic carbocycles. The van der Waals surface area contributed by atoms with Crippen molar-refractivity contribution >= 4 is 46.3 Å². The first-order chi connectivity index (χ1) is 13.3. The van der Waals surface area contributed by atoms with E-state index >= 15 is 0 Å². The lowest BCUT2D eigenvalue weighted by Crippen LogP contribution is -2.15. The Hall–Kier alpha value is -1.83. The van der Waals surface area contributed by atoms with Gasteiger partial charge in [-0.1, -0.05) is 43.3 Å². The van der Waals surface area contributed by atoms with Crippen LogP contribution in [0.25, 0.3) is 11.4 Å². The van der Waals surface area contributed by atoms with E-state index in [0.717, 1.165) is 16.5 Å². The molecule has 2 heterocycles. The highest BCUT2D eigenvalue weighted by atomic mass is 35.5. The number of hydrogen-bond acceptors (Lipinski definition) is 5. The van der Waals surface area contributed by atoms with Crippen LogP contribution in [0.15, 0.2) is 40.9 Å². The van der Waals surface area contributed by atoms with Crippen molar-refractivity contribution in [1.82, 2.24) is 14.8 Å². The van der Waals surface area contributed by atoms with Crippen LogP contribution in [-0.2, 0) is 4.79 Å². The quantitative estimate of drug-likeness (QED) is 0.456. The van der Waals surface area contributed by atoms with Crippen LogP contribution in [0.1, 0.15) is 44.5 Å². The van der Waals surface area contributed by atoms with Gasteiger partial charge in [0.05, 0.1) is 5.75 Å². The van der Waals surface area contributed by atoms with E-state index in [-0.39, 0.29) is 17.7 Å². The van der Waals surface area contributed by atoms with Crippen LogP contribution in [0, 0.1) is 0 Å². The summed E-state index contributed by atoms with van der Waals surface area (Å²) in [5.74, 6) is 1.47. The molecule has 0 bridgehead atoms. The number of nitrogens with zero attached hydrogens (tertiary/aromatic N) is 3. The fourth-order valence-electron chi connectivity index (χ4n) is 2.70. The van der Waals surface area contributed by atoms with Gasteiger partial charge in [0.2, 0.25) is 5.91 Å². The third-order valence-electron chi connectivity index (χ3n) is 4.07. The Morgan fingerprint density at radius 1 is 1.25 bits per heavy atom. The molecule has 0 unspecified atom stereocenters. The highest BCUT2D eigenvalue weighted by Crippen LogP contribution is 2.32. The fourth-order valence-corrected chi connectivity index (χ4v) is 4.67. The summed E-state index contributed by atoms with van der Waals surface area (Å²) < 4.78 is 2.09. The standard InChI is InChI=1S/C20H23ClN4OS2/c1-12(2)17-8-14(10-27-17)19-23-24-20(25(19)13(3)4)28-11-18(26)22-16-7-5-6-15(21)9-16/h5-10,12-13H,11H2,1-4H3,(H,22,26). The molecule has 0 aliphatic heterocycles. The van der Waals surface area contributed by atoms with E-state index in [1.54, 1.807) is 29.5 Å². The van der Waals surface area contributed by atoms with Crippen molar-refractivity contribution in [2.24, 2.45) is 0 Å². The van der Waals surface area contributed by atoms with Crippen molar-refractivity contribution < 1.29 is 4.79 Å². The second-order valence-electron chi connectivity index (χ2n) is 7.01. The molecule has 0 saturated heterocycles. The molecule has 3 aromatic rings. The van der Waals surface area contributed by atoms with Gasteiger partial charge in [-0.25, -0.2) is 0 Å². The van der Waals surface area contributed by atoms with Crippen LogP contribution in [-0.4, -0.2) is 26.4 Å². The van der Waals surface area contributed by atoms with Gasteiger partial charge in [0.25, 0.3) is 0 Å². The Labute approximate surface area is 178 Å². The van der Waals surface area contributed by atoms with E-state index in [9.17, 15) is 4.79 Å². The average molecular weight is 435 g/mol. The highest BCUT2D eigenvalue weighted by Gasteiger charge is 2.19. The lowest BCUT2D eigenvalue weighted by atomic mass is 10.1. The number of rotatable bonds is 7. The normalized spacial score (nSPS) is 11.4. The topological polar surface area (TPSA) is 59.8 Å². The third kappa shape index (κ3) is 4.96. The average Bonchev–Trinajstić information content (AvgIpc) is 3.27. The first-order valence-corrected chi connectivity index (χ1v) is 11.3. The molecular formula is C20H23ClN4OS2. The minimum Gasteiger partial charge on any atom is -0.325 e. The molecule has 1 aromatic carbocycles. The SMILES string of the molecule is CC(C)c1cc(-c2nnc(SCC(=O)Nc3cccc(Cl)c3)n2C(C)C)cs1. The van der Waals surface area contributed by atoms with Crippen LogP contribution in [0.5, 0.6) is 0 Å². The smallest absolute Gasteiger partial charge is 0.234 e. The van der Waals surface area contributed by atoms with E-state index in [0.29, 0.717) is 16.6 Å². The molecule has 0 aliphatic rings. The predicted octanol–water partition coefficient (Wildman–Crippen LogP) is 6.10. The van der Waals surface area contributed by atoms with E-state index in [2.05, 4.69) is 59.2 Å². The van der Waals surface area contributed by atoms with Gasteiger partial charge in [0, 0.05) is 32.6 Å². The molecule has 0 saturated carbocycles. The van der Waals surface area contributed by atoms with Gasteiger partial charge in [-0.2, -0.15) is 0 Å². The number of anilines is 1. The number of thiophene rings is 1. The number of thioether (sulfide) groups is 1. The molecular weight excluding hydrogens is 412 g/mol. The van der Waals surface area contributed by atoms with Gasteiger partial charge < -0.3 is 5.32 Å². The first kappa shape index (κ1) is 20.9. The summed E-state index contributed by atoms with van der Waals surface area (Å²) >= 11 is 9.08. The summed E-state index contributed by atoms with van der Waals surface area (Å²) in [6, 6.07) is 9.48. The summed E-state index contributed by atoms with van der Waals surface area (Å²) in [5, 5.41) is 15.1. The summed E-state index contributed by atoms with van der Waals surface area (Å²) in [6.07, 6.45) is 0. The lowest BCUT2D eigenvalue weighted by Gasteiger charge is -2.13. The number of halogens is 1. The van der Waals surface area contributed by atoms with Crippen molar-refractivity contribution in [2.45, 2.75) is 44.8 Å². The lowest BCUT2D eigenvalue weighted by molar-refractivity contribution is -0.113. The number of aromatic nitrogens is 3. The van der Waals surface area contributed by atoms with Crippen molar-refractivity contribution in [3.63, 3.8) is 0 Å². The maximum absolute atomic E-state index is 12.3. The number of carbonyl (C=O) groups excluding carboxylic acids is 1. The molecule has 28 heavy (non-hydrogen) atoms. The number of amides is 1. The minimum atomic E-state index is -0.107. The molecule has 1 N–H and O–H groups in total. The maximum atomic E-state index is 12.3. The van der Waals surface area contributed by atoms with Gasteiger partial charge >= 0.3 is 0 Å². The molecule has 8 heteroatoms. The fraction of sp³-hybridized carbons (Fsp3) is 0.350. The number of benzene rings is 1. The van der Waals surface area contributed by atoms with Crippen LogP contribution >= 0.6 is 34.7 Å². The third-order valence-corrected chi connectivity index (χ3v) is 6.48. The Bertz CT molecular complexity index is 965. The number of carbonyl (C=O) groups is 1. The second kappa shape index (κ2) is 9.11. The van der Waals surface area contributed by atoms with Gasteiger partial charge in [-0.15, -0.1) is 21.5 Å². The van der Waals surface area contributed by atoms with E-state index in [1.807, 2.05) is 6.07 Å². The van der Waals surface area contributed by atoms with Crippen LogP contribution in [0.3, 0.4) is 0 Å². The molecule has 0 spiro atoms. The van der Waals surface area contributed by atoms with E-state index < -0.39 is 0 Å². The zero-order chi connectivity index (χ0) is 20.3. The molecule has 3 rings (SSSR count). The maximum Gasteiger partial charge on any atom is 0.234 e. The van der Waals surface area contributed by atoms with E-state index in [4.69, 9.17) is 11.6 Å². The van der Waals surface area contributed by atoms with E-state index in [1.165, 1.54) is 16.6 Å². The van der Waals surface area contributed by atoms with Crippen LogP contribution in [0.4, 0.5) is 5.69 Å². The zero-order valence-electron chi connectivity index (χ0n) is 16.3. The minimum absolute atomic E-state index is 0.107. The molecule has 148 valence electrons. The van der Waals surface area contributed by atoms with Crippen molar-refractivity contribution in [3.05, 3.63) is 45.6 Å².